The molecule has 0 aliphatic carbocycles. The summed E-state index contributed by atoms with van der Waals surface area (Å²) in [4.78, 5) is 14.5. The second-order valence-electron chi connectivity index (χ2n) is 4.34. The first-order chi connectivity index (χ1) is 9.52. The first-order valence-electron chi connectivity index (χ1n) is 6.35. The van der Waals surface area contributed by atoms with Crippen molar-refractivity contribution in [2.45, 2.75) is 6.92 Å². The van der Waals surface area contributed by atoms with Crippen molar-refractivity contribution < 1.29 is 8.42 Å². The highest BCUT2D eigenvalue weighted by atomic mass is 32.2. The van der Waals surface area contributed by atoms with Gasteiger partial charge in [-0.25, -0.2) is 13.1 Å². The van der Waals surface area contributed by atoms with Crippen LogP contribution in [0.15, 0.2) is 35.1 Å². The molecule has 2 rings (SSSR count). The lowest BCUT2D eigenvalue weighted by molar-refractivity contribution is 0.584. The molecule has 3 N–H and O–H groups in total. The fourth-order valence-electron chi connectivity index (χ4n) is 1.92. The third-order valence-electron chi connectivity index (χ3n) is 2.80. The quantitative estimate of drug-likeness (QED) is 0.738. The lowest BCUT2D eigenvalue weighted by atomic mass is 10.2. The number of hydrogen-bond donors (Lipinski definition) is 3. The van der Waals surface area contributed by atoms with E-state index >= 15 is 0 Å². The minimum atomic E-state index is -3.26. The second kappa shape index (κ2) is 6.06. The van der Waals surface area contributed by atoms with E-state index < -0.39 is 10.0 Å². The van der Waals surface area contributed by atoms with Gasteiger partial charge in [0.1, 0.15) is 5.82 Å². The Labute approximate surface area is 117 Å². The van der Waals surface area contributed by atoms with Gasteiger partial charge in [-0.2, -0.15) is 0 Å². The Morgan fingerprint density at radius 3 is 2.75 bits per heavy atom. The summed E-state index contributed by atoms with van der Waals surface area (Å²) in [5.41, 5.74) is -0.194. The molecule has 2 aromatic rings. The molecule has 108 valence electrons. The summed E-state index contributed by atoms with van der Waals surface area (Å²) in [5.74, 6) is 0.468. The predicted molar refractivity (Wildman–Crippen MR) is 80.5 cm³/mol. The van der Waals surface area contributed by atoms with Crippen molar-refractivity contribution in [3.8, 4) is 0 Å². The van der Waals surface area contributed by atoms with Crippen LogP contribution in [0.4, 0.5) is 5.82 Å². The Hall–Kier alpha value is -1.86. The molecule has 1 aromatic carbocycles. The second-order valence-corrected chi connectivity index (χ2v) is 6.27. The first-order valence-corrected chi connectivity index (χ1v) is 8.00. The van der Waals surface area contributed by atoms with Crippen molar-refractivity contribution >= 4 is 26.6 Å². The molecule has 0 radical (unpaired) electrons. The van der Waals surface area contributed by atoms with E-state index in [9.17, 15) is 13.2 Å². The Morgan fingerprint density at radius 1 is 1.25 bits per heavy atom. The van der Waals surface area contributed by atoms with Crippen LogP contribution in [0.3, 0.4) is 0 Å². The van der Waals surface area contributed by atoms with Gasteiger partial charge in [-0.05, 0) is 17.5 Å². The standard InChI is InChI=1S/C13H17N3O3S/c1-2-15-20(18,19)8-7-14-12-9-10-5-3-4-6-11(10)13(17)16-12/h3-6,9,15H,2,7-8H2,1H3,(H2,14,16,17). The van der Waals surface area contributed by atoms with Crippen LogP contribution in [0.2, 0.25) is 0 Å². The molecule has 0 bridgehead atoms. The van der Waals surface area contributed by atoms with Crippen molar-refractivity contribution in [3.05, 3.63) is 40.7 Å². The van der Waals surface area contributed by atoms with E-state index in [0.717, 1.165) is 5.39 Å². The zero-order chi connectivity index (χ0) is 14.6. The molecular weight excluding hydrogens is 278 g/mol. The SMILES string of the molecule is CCNS(=O)(=O)CCNc1cc2ccccc2c(=O)[nH]1. The molecule has 0 saturated carbocycles. The Morgan fingerprint density at radius 2 is 2.00 bits per heavy atom. The van der Waals surface area contributed by atoms with Crippen LogP contribution >= 0.6 is 0 Å². The molecule has 7 heteroatoms. The van der Waals surface area contributed by atoms with Crippen molar-refractivity contribution in [1.29, 1.82) is 0 Å². The predicted octanol–water partition coefficient (Wildman–Crippen LogP) is 0.879. The summed E-state index contributed by atoms with van der Waals surface area (Å²) in [6, 6.07) is 9.02. The Bertz CT molecular complexity index is 753. The Kier molecular flexibility index (Phi) is 4.41. The number of H-pyrrole nitrogens is 1. The van der Waals surface area contributed by atoms with Crippen LogP contribution in [0.25, 0.3) is 10.8 Å². The van der Waals surface area contributed by atoms with E-state index in [2.05, 4.69) is 15.0 Å². The van der Waals surface area contributed by atoms with Gasteiger partial charge < -0.3 is 10.3 Å². The van der Waals surface area contributed by atoms with Crippen LogP contribution in [0, 0.1) is 0 Å². The maximum Gasteiger partial charge on any atom is 0.257 e. The molecule has 0 amide bonds. The van der Waals surface area contributed by atoms with Crippen molar-refractivity contribution in [3.63, 3.8) is 0 Å². The molecule has 0 fully saturated rings. The van der Waals surface area contributed by atoms with Gasteiger partial charge in [0.2, 0.25) is 10.0 Å². The van der Waals surface area contributed by atoms with Gasteiger partial charge >= 0.3 is 0 Å². The van der Waals surface area contributed by atoms with E-state index in [1.807, 2.05) is 12.1 Å². The van der Waals surface area contributed by atoms with Crippen molar-refractivity contribution in [1.82, 2.24) is 9.71 Å². The summed E-state index contributed by atoms with van der Waals surface area (Å²) in [6.45, 7) is 2.32. The summed E-state index contributed by atoms with van der Waals surface area (Å²) in [5, 5.41) is 4.34. The molecule has 0 atom stereocenters. The topological polar surface area (TPSA) is 91.1 Å². The molecule has 0 unspecified atom stereocenters. The van der Waals surface area contributed by atoms with Crippen LogP contribution in [-0.4, -0.2) is 32.2 Å². The summed E-state index contributed by atoms with van der Waals surface area (Å²) >= 11 is 0. The van der Waals surface area contributed by atoms with E-state index in [4.69, 9.17) is 0 Å². The largest absolute Gasteiger partial charge is 0.370 e. The number of nitrogens with one attached hydrogen (secondary N) is 3. The van der Waals surface area contributed by atoms with Gasteiger partial charge in [0, 0.05) is 18.5 Å². The number of rotatable bonds is 6. The van der Waals surface area contributed by atoms with Crippen LogP contribution < -0.4 is 15.6 Å². The van der Waals surface area contributed by atoms with Gasteiger partial charge in [0.05, 0.1) is 5.75 Å². The molecule has 0 aliphatic heterocycles. The van der Waals surface area contributed by atoms with Gasteiger partial charge in [-0.15, -0.1) is 0 Å². The van der Waals surface area contributed by atoms with Gasteiger partial charge in [-0.1, -0.05) is 25.1 Å². The normalized spacial score (nSPS) is 11.7. The minimum Gasteiger partial charge on any atom is -0.370 e. The lowest BCUT2D eigenvalue weighted by Crippen LogP contribution is -2.29. The number of anilines is 1. The average Bonchev–Trinajstić information content (AvgIpc) is 2.38. The number of pyridine rings is 1. The fraction of sp³-hybridized carbons (Fsp3) is 0.308. The fourth-order valence-corrected chi connectivity index (χ4v) is 2.87. The first kappa shape index (κ1) is 14.5. The highest BCUT2D eigenvalue weighted by Crippen LogP contribution is 2.12. The lowest BCUT2D eigenvalue weighted by Gasteiger charge is -2.08. The van der Waals surface area contributed by atoms with Crippen molar-refractivity contribution in [2.24, 2.45) is 0 Å². The van der Waals surface area contributed by atoms with Crippen LogP contribution in [0.1, 0.15) is 6.92 Å². The summed E-state index contributed by atoms with van der Waals surface area (Å²) in [6.07, 6.45) is 0. The Balaban J connectivity index is 2.09. The summed E-state index contributed by atoms with van der Waals surface area (Å²) in [7, 11) is -3.26. The summed E-state index contributed by atoms with van der Waals surface area (Å²) < 4.78 is 25.4. The molecule has 6 nitrogen and oxygen atoms in total. The zero-order valence-corrected chi connectivity index (χ0v) is 12.0. The number of benzene rings is 1. The molecular formula is C13H17N3O3S. The zero-order valence-electron chi connectivity index (χ0n) is 11.1. The molecule has 1 heterocycles. The molecule has 0 spiro atoms. The average molecular weight is 295 g/mol. The number of sulfonamides is 1. The van der Waals surface area contributed by atoms with Gasteiger partial charge in [-0.3, -0.25) is 4.79 Å². The third kappa shape index (κ3) is 3.58. The van der Waals surface area contributed by atoms with Gasteiger partial charge in [0.25, 0.3) is 5.56 Å². The monoisotopic (exact) mass is 295 g/mol. The maximum absolute atomic E-state index is 11.8. The van der Waals surface area contributed by atoms with E-state index in [0.29, 0.717) is 17.7 Å². The molecule has 0 saturated heterocycles. The van der Waals surface area contributed by atoms with E-state index in [1.165, 1.54) is 0 Å². The smallest absolute Gasteiger partial charge is 0.257 e. The number of aromatic nitrogens is 1. The molecule has 0 aliphatic rings. The van der Waals surface area contributed by atoms with Crippen LogP contribution in [0.5, 0.6) is 0 Å². The van der Waals surface area contributed by atoms with Crippen LogP contribution in [-0.2, 0) is 10.0 Å². The highest BCUT2D eigenvalue weighted by molar-refractivity contribution is 7.89. The number of fused-ring (bicyclic) bond motifs is 1. The molecule has 20 heavy (non-hydrogen) atoms. The van der Waals surface area contributed by atoms with E-state index in [1.54, 1.807) is 25.1 Å². The van der Waals surface area contributed by atoms with E-state index in [-0.39, 0.29) is 17.9 Å². The minimum absolute atomic E-state index is 0.0459. The maximum atomic E-state index is 11.8. The number of aromatic amines is 1. The molecule has 1 aromatic heterocycles. The van der Waals surface area contributed by atoms with Gasteiger partial charge in [0.15, 0.2) is 0 Å². The van der Waals surface area contributed by atoms with Crippen molar-refractivity contribution in [2.75, 3.05) is 24.2 Å². The highest BCUT2D eigenvalue weighted by Gasteiger charge is 2.08. The number of hydrogen-bond acceptors (Lipinski definition) is 4. The third-order valence-corrected chi connectivity index (χ3v) is 4.27.